The van der Waals surface area contributed by atoms with Crippen LogP contribution in [0.25, 0.3) is 0 Å². The summed E-state index contributed by atoms with van der Waals surface area (Å²) in [5.74, 6) is 0.733. The van der Waals surface area contributed by atoms with Gasteiger partial charge >= 0.3 is 0 Å². The molecule has 2 aromatic rings. The molecule has 1 fully saturated rings. The Labute approximate surface area is 125 Å². The van der Waals surface area contributed by atoms with E-state index in [9.17, 15) is 0 Å². The summed E-state index contributed by atoms with van der Waals surface area (Å²) < 4.78 is 0. The molecule has 5 nitrogen and oxygen atoms in total. The third-order valence-electron chi connectivity index (χ3n) is 3.84. The Morgan fingerprint density at radius 3 is 2.90 bits per heavy atom. The van der Waals surface area contributed by atoms with Gasteiger partial charge in [-0.25, -0.2) is 9.97 Å². The minimum Gasteiger partial charge on any atom is -0.350 e. The van der Waals surface area contributed by atoms with E-state index in [4.69, 9.17) is 0 Å². The molecule has 1 unspecified atom stereocenters. The highest BCUT2D eigenvalue weighted by atomic mass is 15.2. The SMILES string of the molecule is c1cnc(NC2CCCN(CCc3cccnc3)C2)nc1. The van der Waals surface area contributed by atoms with Gasteiger partial charge in [0.25, 0.3) is 0 Å². The van der Waals surface area contributed by atoms with Crippen LogP contribution in [0.15, 0.2) is 43.0 Å². The Hall–Kier alpha value is -2.01. The summed E-state index contributed by atoms with van der Waals surface area (Å²) in [5.41, 5.74) is 1.30. The van der Waals surface area contributed by atoms with Crippen molar-refractivity contribution in [1.29, 1.82) is 0 Å². The first-order valence-corrected chi connectivity index (χ1v) is 7.55. The van der Waals surface area contributed by atoms with Crippen LogP contribution in [0.4, 0.5) is 5.95 Å². The summed E-state index contributed by atoms with van der Waals surface area (Å²) in [5, 5.41) is 3.43. The van der Waals surface area contributed by atoms with Gasteiger partial charge in [0.15, 0.2) is 0 Å². The van der Waals surface area contributed by atoms with Gasteiger partial charge in [-0.2, -0.15) is 0 Å². The van der Waals surface area contributed by atoms with Crippen LogP contribution in [-0.4, -0.2) is 45.5 Å². The van der Waals surface area contributed by atoms with Crippen molar-refractivity contribution in [2.45, 2.75) is 25.3 Å². The highest BCUT2D eigenvalue weighted by molar-refractivity contribution is 5.24. The van der Waals surface area contributed by atoms with E-state index in [1.807, 2.05) is 24.5 Å². The molecule has 1 aliphatic heterocycles. The fourth-order valence-corrected chi connectivity index (χ4v) is 2.77. The first-order chi connectivity index (χ1) is 10.4. The Balaban J connectivity index is 1.49. The van der Waals surface area contributed by atoms with Crippen LogP contribution in [0, 0.1) is 0 Å². The van der Waals surface area contributed by atoms with Gasteiger partial charge in [-0.1, -0.05) is 6.07 Å². The summed E-state index contributed by atoms with van der Waals surface area (Å²) >= 11 is 0. The van der Waals surface area contributed by atoms with E-state index in [1.54, 1.807) is 12.4 Å². The lowest BCUT2D eigenvalue weighted by Gasteiger charge is -2.33. The lowest BCUT2D eigenvalue weighted by molar-refractivity contribution is 0.218. The van der Waals surface area contributed by atoms with Crippen LogP contribution < -0.4 is 5.32 Å². The van der Waals surface area contributed by atoms with Crippen molar-refractivity contribution < 1.29 is 0 Å². The predicted molar refractivity (Wildman–Crippen MR) is 83.1 cm³/mol. The average molecular weight is 283 g/mol. The third kappa shape index (κ3) is 4.23. The zero-order valence-corrected chi connectivity index (χ0v) is 12.2. The molecule has 1 N–H and O–H groups in total. The molecule has 0 amide bonds. The van der Waals surface area contributed by atoms with E-state index in [-0.39, 0.29) is 0 Å². The number of rotatable bonds is 5. The van der Waals surface area contributed by atoms with Gasteiger partial charge in [0.05, 0.1) is 0 Å². The van der Waals surface area contributed by atoms with Crippen LogP contribution in [-0.2, 0) is 6.42 Å². The van der Waals surface area contributed by atoms with Crippen molar-refractivity contribution >= 4 is 5.95 Å². The summed E-state index contributed by atoms with van der Waals surface area (Å²) in [4.78, 5) is 15.2. The number of hydrogen-bond acceptors (Lipinski definition) is 5. The van der Waals surface area contributed by atoms with Gasteiger partial charge in [-0.3, -0.25) is 4.98 Å². The Morgan fingerprint density at radius 1 is 1.19 bits per heavy atom. The molecule has 21 heavy (non-hydrogen) atoms. The molecular formula is C16H21N5. The molecule has 0 radical (unpaired) electrons. The van der Waals surface area contributed by atoms with Crippen molar-refractivity contribution in [3.05, 3.63) is 48.5 Å². The predicted octanol–water partition coefficient (Wildman–Crippen LogP) is 1.99. The maximum absolute atomic E-state index is 4.24. The second-order valence-corrected chi connectivity index (χ2v) is 5.47. The van der Waals surface area contributed by atoms with Crippen LogP contribution in [0.5, 0.6) is 0 Å². The second-order valence-electron chi connectivity index (χ2n) is 5.47. The quantitative estimate of drug-likeness (QED) is 0.909. The molecule has 1 atom stereocenters. The van der Waals surface area contributed by atoms with Crippen molar-refractivity contribution in [3.8, 4) is 0 Å². The molecule has 0 bridgehead atoms. The van der Waals surface area contributed by atoms with E-state index in [0.717, 1.165) is 25.5 Å². The molecule has 1 aliphatic rings. The number of pyridine rings is 1. The summed E-state index contributed by atoms with van der Waals surface area (Å²) in [7, 11) is 0. The zero-order chi connectivity index (χ0) is 14.3. The molecule has 3 heterocycles. The van der Waals surface area contributed by atoms with Gasteiger partial charge in [0.1, 0.15) is 0 Å². The van der Waals surface area contributed by atoms with Crippen molar-refractivity contribution in [3.63, 3.8) is 0 Å². The number of nitrogens with zero attached hydrogens (tertiary/aromatic N) is 4. The van der Waals surface area contributed by atoms with Crippen LogP contribution in [0.3, 0.4) is 0 Å². The van der Waals surface area contributed by atoms with Gasteiger partial charge in [-0.05, 0) is 43.5 Å². The highest BCUT2D eigenvalue weighted by Crippen LogP contribution is 2.14. The number of nitrogens with one attached hydrogen (secondary N) is 1. The topological polar surface area (TPSA) is 53.9 Å². The van der Waals surface area contributed by atoms with E-state index >= 15 is 0 Å². The van der Waals surface area contributed by atoms with Crippen molar-refractivity contribution in [2.75, 3.05) is 25.0 Å². The highest BCUT2D eigenvalue weighted by Gasteiger charge is 2.19. The molecule has 0 spiro atoms. The van der Waals surface area contributed by atoms with Crippen LogP contribution >= 0.6 is 0 Å². The number of likely N-dealkylation sites (tertiary alicyclic amines) is 1. The number of piperidine rings is 1. The normalized spacial score (nSPS) is 19.3. The summed E-state index contributed by atoms with van der Waals surface area (Å²) in [6, 6.07) is 6.43. The second kappa shape index (κ2) is 7.13. The molecule has 110 valence electrons. The molecule has 0 aromatic carbocycles. The Bertz CT molecular complexity index is 531. The van der Waals surface area contributed by atoms with E-state index < -0.39 is 0 Å². The largest absolute Gasteiger partial charge is 0.350 e. The molecule has 5 heteroatoms. The fourth-order valence-electron chi connectivity index (χ4n) is 2.77. The number of aromatic nitrogens is 3. The molecule has 3 rings (SSSR count). The van der Waals surface area contributed by atoms with Crippen LogP contribution in [0.2, 0.25) is 0 Å². The Kier molecular flexibility index (Phi) is 4.74. The maximum Gasteiger partial charge on any atom is 0.222 e. The lowest BCUT2D eigenvalue weighted by atomic mass is 10.1. The molecule has 0 aliphatic carbocycles. The van der Waals surface area contributed by atoms with E-state index in [1.165, 1.54) is 24.9 Å². The molecule has 0 saturated carbocycles. The minimum atomic E-state index is 0.440. The number of hydrogen-bond donors (Lipinski definition) is 1. The first kappa shape index (κ1) is 13.9. The molecular weight excluding hydrogens is 262 g/mol. The average Bonchev–Trinajstić information content (AvgIpc) is 2.55. The molecule has 2 aromatic heterocycles. The van der Waals surface area contributed by atoms with Gasteiger partial charge in [0.2, 0.25) is 5.95 Å². The minimum absolute atomic E-state index is 0.440. The van der Waals surface area contributed by atoms with Gasteiger partial charge in [0, 0.05) is 43.9 Å². The third-order valence-corrected chi connectivity index (χ3v) is 3.84. The summed E-state index contributed by atoms with van der Waals surface area (Å²) in [6.07, 6.45) is 10.8. The standard InChI is InChI=1S/C16H21N5/c1-4-14(12-17-7-1)6-11-21-10-2-5-15(13-21)20-16-18-8-3-9-19-16/h1,3-4,7-9,12,15H,2,5-6,10-11,13H2,(H,18,19,20). The van der Waals surface area contributed by atoms with Crippen LogP contribution in [0.1, 0.15) is 18.4 Å². The van der Waals surface area contributed by atoms with Crippen molar-refractivity contribution in [2.24, 2.45) is 0 Å². The molecule has 1 saturated heterocycles. The summed E-state index contributed by atoms with van der Waals surface area (Å²) in [6.45, 7) is 3.31. The smallest absolute Gasteiger partial charge is 0.222 e. The zero-order valence-electron chi connectivity index (χ0n) is 12.2. The maximum atomic E-state index is 4.24. The Morgan fingerprint density at radius 2 is 2.10 bits per heavy atom. The first-order valence-electron chi connectivity index (χ1n) is 7.55. The van der Waals surface area contributed by atoms with E-state index in [0.29, 0.717) is 6.04 Å². The van der Waals surface area contributed by atoms with Crippen molar-refractivity contribution in [1.82, 2.24) is 19.9 Å². The monoisotopic (exact) mass is 283 g/mol. The van der Waals surface area contributed by atoms with E-state index in [2.05, 4.69) is 31.2 Å². The van der Waals surface area contributed by atoms with Gasteiger partial charge in [-0.15, -0.1) is 0 Å². The van der Waals surface area contributed by atoms with Gasteiger partial charge < -0.3 is 10.2 Å². The lowest BCUT2D eigenvalue weighted by Crippen LogP contribution is -2.43. The fraction of sp³-hybridized carbons (Fsp3) is 0.438. The number of anilines is 1.